The molecule has 3 nitrogen and oxygen atoms in total. The van der Waals surface area contributed by atoms with Crippen molar-refractivity contribution in [1.29, 1.82) is 0 Å². The maximum atomic E-state index is 13.3. The van der Waals surface area contributed by atoms with E-state index < -0.39 is 15.8 Å². The van der Waals surface area contributed by atoms with Crippen LogP contribution in [0, 0.1) is 26.6 Å². The van der Waals surface area contributed by atoms with Crippen LogP contribution in [0.15, 0.2) is 41.3 Å². The molecule has 0 saturated heterocycles. The van der Waals surface area contributed by atoms with E-state index in [1.807, 2.05) is 32.0 Å². The number of sulfonamides is 1. The zero-order valence-corrected chi connectivity index (χ0v) is 14.0. The van der Waals surface area contributed by atoms with Crippen LogP contribution < -0.4 is 4.72 Å². The molecule has 0 spiro atoms. The highest BCUT2D eigenvalue weighted by Crippen LogP contribution is 2.22. The molecule has 22 heavy (non-hydrogen) atoms. The maximum absolute atomic E-state index is 13.3. The number of benzene rings is 2. The summed E-state index contributed by atoms with van der Waals surface area (Å²) in [6.07, 6.45) is 0. The lowest BCUT2D eigenvalue weighted by atomic mass is 10.0. The van der Waals surface area contributed by atoms with Crippen LogP contribution in [0.1, 0.15) is 35.2 Å². The molecule has 118 valence electrons. The van der Waals surface area contributed by atoms with E-state index in [4.69, 9.17) is 0 Å². The molecule has 0 bridgehead atoms. The lowest BCUT2D eigenvalue weighted by Gasteiger charge is -2.17. The minimum Gasteiger partial charge on any atom is -0.207 e. The predicted octanol–water partition coefficient (Wildman–Crippen LogP) is 3.79. The van der Waals surface area contributed by atoms with Crippen LogP contribution in [0.3, 0.4) is 0 Å². The topological polar surface area (TPSA) is 46.2 Å². The van der Waals surface area contributed by atoms with Gasteiger partial charge in [0.15, 0.2) is 0 Å². The van der Waals surface area contributed by atoms with Crippen molar-refractivity contribution >= 4 is 10.0 Å². The molecule has 1 unspecified atom stereocenters. The van der Waals surface area contributed by atoms with Gasteiger partial charge in [-0.15, -0.1) is 0 Å². The minimum absolute atomic E-state index is 0.0722. The number of halogens is 1. The Morgan fingerprint density at radius 2 is 1.68 bits per heavy atom. The van der Waals surface area contributed by atoms with Gasteiger partial charge in [0.25, 0.3) is 0 Å². The first-order valence-corrected chi connectivity index (χ1v) is 8.54. The Labute approximate surface area is 131 Å². The van der Waals surface area contributed by atoms with Crippen LogP contribution >= 0.6 is 0 Å². The van der Waals surface area contributed by atoms with Gasteiger partial charge in [-0.3, -0.25) is 0 Å². The second kappa shape index (κ2) is 6.18. The Morgan fingerprint density at radius 1 is 1.00 bits per heavy atom. The molecule has 2 aromatic carbocycles. The average Bonchev–Trinajstić information content (AvgIpc) is 2.40. The van der Waals surface area contributed by atoms with Crippen molar-refractivity contribution in [2.24, 2.45) is 0 Å². The maximum Gasteiger partial charge on any atom is 0.241 e. The first kappa shape index (κ1) is 16.6. The third-order valence-electron chi connectivity index (χ3n) is 3.66. The van der Waals surface area contributed by atoms with Crippen molar-refractivity contribution in [2.75, 3.05) is 0 Å². The van der Waals surface area contributed by atoms with E-state index in [9.17, 15) is 12.8 Å². The third kappa shape index (κ3) is 3.54. The number of hydrogen-bond donors (Lipinski definition) is 1. The summed E-state index contributed by atoms with van der Waals surface area (Å²) in [6.45, 7) is 7.29. The Bertz CT molecular complexity index is 800. The summed E-state index contributed by atoms with van der Waals surface area (Å²) in [5.74, 6) is -0.415. The van der Waals surface area contributed by atoms with E-state index in [0.717, 1.165) is 16.7 Å². The van der Waals surface area contributed by atoms with Crippen LogP contribution in [0.25, 0.3) is 0 Å². The van der Waals surface area contributed by atoms with Crippen LogP contribution in [0.4, 0.5) is 4.39 Å². The van der Waals surface area contributed by atoms with E-state index in [-0.39, 0.29) is 10.9 Å². The number of nitrogens with one attached hydrogen (secondary N) is 1. The van der Waals surface area contributed by atoms with Crippen molar-refractivity contribution in [3.8, 4) is 0 Å². The number of aryl methyl sites for hydroxylation is 3. The monoisotopic (exact) mass is 321 g/mol. The Balaban J connectivity index is 2.29. The Morgan fingerprint density at radius 3 is 2.27 bits per heavy atom. The zero-order valence-electron chi connectivity index (χ0n) is 13.1. The van der Waals surface area contributed by atoms with Gasteiger partial charge in [0.2, 0.25) is 10.0 Å². The lowest BCUT2D eigenvalue weighted by molar-refractivity contribution is 0.565. The molecule has 0 aromatic heterocycles. The molecule has 1 atom stereocenters. The van der Waals surface area contributed by atoms with Crippen molar-refractivity contribution in [1.82, 2.24) is 4.72 Å². The van der Waals surface area contributed by atoms with Gasteiger partial charge in [-0.05, 0) is 62.6 Å². The molecule has 2 rings (SSSR count). The molecular formula is C17H20FNO2S. The predicted molar refractivity (Wildman–Crippen MR) is 85.8 cm³/mol. The largest absolute Gasteiger partial charge is 0.241 e. The SMILES string of the molecule is Cc1ccc(C(C)NS(=O)(=O)c2ccc(F)c(C)c2)c(C)c1. The van der Waals surface area contributed by atoms with Gasteiger partial charge in [0.05, 0.1) is 4.90 Å². The average molecular weight is 321 g/mol. The van der Waals surface area contributed by atoms with E-state index in [1.165, 1.54) is 18.2 Å². The minimum atomic E-state index is -3.69. The molecule has 0 aliphatic heterocycles. The Hall–Kier alpha value is -1.72. The standard InChI is InChI=1S/C17H20FNO2S/c1-11-5-7-16(12(2)9-11)14(4)19-22(20,21)15-6-8-17(18)13(3)10-15/h5-10,14,19H,1-4H3. The first-order valence-electron chi connectivity index (χ1n) is 7.06. The van der Waals surface area contributed by atoms with Crippen LogP contribution in [0.5, 0.6) is 0 Å². The highest BCUT2D eigenvalue weighted by atomic mass is 32.2. The molecule has 0 saturated carbocycles. The van der Waals surface area contributed by atoms with E-state index >= 15 is 0 Å². The molecule has 0 aliphatic rings. The zero-order chi connectivity index (χ0) is 16.5. The summed E-state index contributed by atoms with van der Waals surface area (Å²) in [5.41, 5.74) is 3.39. The van der Waals surface area contributed by atoms with Crippen LogP contribution in [-0.2, 0) is 10.0 Å². The fraction of sp³-hybridized carbons (Fsp3) is 0.294. The van der Waals surface area contributed by atoms with Gasteiger partial charge in [0, 0.05) is 6.04 Å². The molecule has 0 aliphatic carbocycles. The van der Waals surface area contributed by atoms with E-state index in [1.54, 1.807) is 13.8 Å². The molecule has 0 radical (unpaired) electrons. The van der Waals surface area contributed by atoms with Gasteiger partial charge >= 0.3 is 0 Å². The number of rotatable bonds is 4. The summed E-state index contributed by atoms with van der Waals surface area (Å²) < 4.78 is 40.8. The highest BCUT2D eigenvalue weighted by Gasteiger charge is 2.20. The fourth-order valence-corrected chi connectivity index (χ4v) is 3.77. The van der Waals surface area contributed by atoms with Crippen molar-refractivity contribution < 1.29 is 12.8 Å². The van der Waals surface area contributed by atoms with Gasteiger partial charge < -0.3 is 0 Å². The highest BCUT2D eigenvalue weighted by molar-refractivity contribution is 7.89. The van der Waals surface area contributed by atoms with Gasteiger partial charge in [0.1, 0.15) is 5.82 Å². The normalized spacial score (nSPS) is 13.1. The van der Waals surface area contributed by atoms with Crippen LogP contribution in [-0.4, -0.2) is 8.42 Å². The van der Waals surface area contributed by atoms with Gasteiger partial charge in [-0.1, -0.05) is 23.8 Å². The van der Waals surface area contributed by atoms with Gasteiger partial charge in [-0.2, -0.15) is 0 Å². The van der Waals surface area contributed by atoms with Crippen molar-refractivity contribution in [3.63, 3.8) is 0 Å². The molecule has 2 aromatic rings. The summed E-state index contributed by atoms with van der Waals surface area (Å²) in [5, 5.41) is 0. The van der Waals surface area contributed by atoms with E-state index in [2.05, 4.69) is 4.72 Å². The molecule has 0 heterocycles. The van der Waals surface area contributed by atoms with Crippen LogP contribution in [0.2, 0.25) is 0 Å². The number of hydrogen-bond acceptors (Lipinski definition) is 2. The van der Waals surface area contributed by atoms with E-state index in [0.29, 0.717) is 5.56 Å². The van der Waals surface area contributed by atoms with Crippen molar-refractivity contribution in [3.05, 3.63) is 64.5 Å². The van der Waals surface area contributed by atoms with Gasteiger partial charge in [-0.25, -0.2) is 17.5 Å². The molecular weight excluding hydrogens is 301 g/mol. The molecule has 5 heteroatoms. The van der Waals surface area contributed by atoms with Crippen molar-refractivity contribution in [2.45, 2.75) is 38.6 Å². The Kier molecular flexibility index (Phi) is 4.68. The third-order valence-corrected chi connectivity index (χ3v) is 5.20. The summed E-state index contributed by atoms with van der Waals surface area (Å²) in [7, 11) is -3.69. The second-order valence-corrected chi connectivity index (χ2v) is 7.33. The first-order chi connectivity index (χ1) is 10.2. The lowest BCUT2D eigenvalue weighted by Crippen LogP contribution is -2.27. The molecule has 0 amide bonds. The molecule has 0 fully saturated rings. The summed E-state index contributed by atoms with van der Waals surface area (Å²) in [6, 6.07) is 9.32. The second-order valence-electron chi connectivity index (χ2n) is 5.61. The molecule has 1 N–H and O–H groups in total. The summed E-state index contributed by atoms with van der Waals surface area (Å²) >= 11 is 0. The smallest absolute Gasteiger partial charge is 0.207 e. The quantitative estimate of drug-likeness (QED) is 0.931. The summed E-state index contributed by atoms with van der Waals surface area (Å²) in [4.78, 5) is 0.0722. The fourth-order valence-electron chi connectivity index (χ4n) is 2.46.